The monoisotopic (exact) mass is 292 g/mol. The van der Waals surface area contributed by atoms with Crippen LogP contribution in [0.4, 0.5) is 0 Å². The molecule has 1 saturated heterocycles. The third-order valence-corrected chi connectivity index (χ3v) is 3.87. The van der Waals surface area contributed by atoms with Crippen LogP contribution in [0.1, 0.15) is 36.0 Å². The number of carbonyl (C=O) groups excluding carboxylic acids is 2. The molecule has 0 bridgehead atoms. The fraction of sp³-hybridized carbons (Fsp3) is 0.533. The summed E-state index contributed by atoms with van der Waals surface area (Å²) in [6.07, 6.45) is 4.46. The molecule has 1 aliphatic rings. The van der Waals surface area contributed by atoms with Crippen molar-refractivity contribution < 1.29 is 14.3 Å². The third kappa shape index (κ3) is 3.51. The first-order chi connectivity index (χ1) is 10.0. The number of piperidine rings is 1. The Morgan fingerprint density at radius 3 is 2.81 bits per heavy atom. The van der Waals surface area contributed by atoms with Gasteiger partial charge < -0.3 is 14.2 Å². The summed E-state index contributed by atoms with van der Waals surface area (Å²) in [6.45, 7) is 0.607. The normalized spacial score (nSPS) is 18.4. The number of carbonyl (C=O) groups is 2. The summed E-state index contributed by atoms with van der Waals surface area (Å²) >= 11 is 0. The Hall–Kier alpha value is -2.11. The largest absolute Gasteiger partial charge is 0.469 e. The van der Waals surface area contributed by atoms with Gasteiger partial charge in [-0.3, -0.25) is 14.4 Å². The van der Waals surface area contributed by atoms with E-state index < -0.39 is 0 Å². The summed E-state index contributed by atoms with van der Waals surface area (Å²) in [7, 11) is 2.98. The molecule has 0 aliphatic carbocycles. The molecule has 1 aromatic heterocycles. The fourth-order valence-corrected chi connectivity index (χ4v) is 2.60. The Balaban J connectivity index is 2.19. The number of esters is 1. The Kier molecular flexibility index (Phi) is 4.77. The van der Waals surface area contributed by atoms with Crippen LogP contribution in [0.5, 0.6) is 0 Å². The molecule has 0 unspecified atom stereocenters. The highest BCUT2D eigenvalue weighted by atomic mass is 16.5. The highest BCUT2D eigenvalue weighted by molar-refractivity contribution is 5.94. The van der Waals surface area contributed by atoms with Gasteiger partial charge in [-0.25, -0.2) is 0 Å². The molecule has 6 nitrogen and oxygen atoms in total. The molecule has 0 aromatic carbocycles. The van der Waals surface area contributed by atoms with E-state index in [1.165, 1.54) is 17.7 Å². The van der Waals surface area contributed by atoms with Gasteiger partial charge >= 0.3 is 5.97 Å². The smallest absolute Gasteiger partial charge is 0.307 e. The zero-order valence-corrected chi connectivity index (χ0v) is 12.4. The molecule has 0 N–H and O–H groups in total. The lowest BCUT2D eigenvalue weighted by molar-refractivity contribution is -0.142. The van der Waals surface area contributed by atoms with Gasteiger partial charge in [-0.1, -0.05) is 0 Å². The van der Waals surface area contributed by atoms with Crippen molar-refractivity contribution in [3.8, 4) is 0 Å². The molecule has 21 heavy (non-hydrogen) atoms. The van der Waals surface area contributed by atoms with Crippen LogP contribution < -0.4 is 5.56 Å². The molecule has 6 heteroatoms. The molecule has 2 heterocycles. The minimum atomic E-state index is -0.316. The highest BCUT2D eigenvalue weighted by Gasteiger charge is 2.29. The molecular weight excluding hydrogens is 272 g/mol. The first kappa shape index (κ1) is 15.3. The van der Waals surface area contributed by atoms with E-state index in [2.05, 4.69) is 0 Å². The molecule has 2 rings (SSSR count). The van der Waals surface area contributed by atoms with E-state index in [0.29, 0.717) is 12.1 Å². The molecular formula is C15H20N2O4. The molecule has 0 spiro atoms. The standard InChI is InChI=1S/C15H20N2O4/c1-16-8-6-11(9-13(16)18)15(20)17-7-4-3-5-12(17)10-14(19)21-2/h6,8-9,12H,3-5,7,10H2,1-2H3/t12-/m1/s1. The Morgan fingerprint density at radius 2 is 2.14 bits per heavy atom. The second-order valence-electron chi connectivity index (χ2n) is 5.29. The number of methoxy groups -OCH3 is 1. The van der Waals surface area contributed by atoms with Gasteiger partial charge in [-0.2, -0.15) is 0 Å². The van der Waals surface area contributed by atoms with Crippen LogP contribution in [0.25, 0.3) is 0 Å². The van der Waals surface area contributed by atoms with Gasteiger partial charge in [0.25, 0.3) is 11.5 Å². The van der Waals surface area contributed by atoms with Crippen LogP contribution in [0.2, 0.25) is 0 Å². The number of amides is 1. The maximum atomic E-state index is 12.6. The maximum Gasteiger partial charge on any atom is 0.307 e. The minimum absolute atomic E-state index is 0.150. The van der Waals surface area contributed by atoms with Crippen LogP contribution in [0.3, 0.4) is 0 Å². The van der Waals surface area contributed by atoms with Crippen molar-refractivity contribution in [3.05, 3.63) is 34.2 Å². The van der Waals surface area contributed by atoms with E-state index in [0.717, 1.165) is 19.3 Å². The maximum absolute atomic E-state index is 12.6. The average molecular weight is 292 g/mol. The molecule has 0 radical (unpaired) electrons. The first-order valence-corrected chi connectivity index (χ1v) is 7.07. The number of aryl methyl sites for hydroxylation is 1. The number of hydrogen-bond donors (Lipinski definition) is 0. The predicted octanol–water partition coefficient (Wildman–Crippen LogP) is 0.943. The first-order valence-electron chi connectivity index (χ1n) is 7.07. The average Bonchev–Trinajstić information content (AvgIpc) is 2.49. The summed E-state index contributed by atoms with van der Waals surface area (Å²) in [6, 6.07) is 2.82. The third-order valence-electron chi connectivity index (χ3n) is 3.87. The lowest BCUT2D eigenvalue weighted by Gasteiger charge is -2.35. The van der Waals surface area contributed by atoms with Gasteiger partial charge in [-0.15, -0.1) is 0 Å². The number of hydrogen-bond acceptors (Lipinski definition) is 4. The number of ether oxygens (including phenoxy) is 1. The van der Waals surface area contributed by atoms with E-state index in [1.54, 1.807) is 24.2 Å². The van der Waals surface area contributed by atoms with Gasteiger partial charge in [0, 0.05) is 37.5 Å². The van der Waals surface area contributed by atoms with E-state index in [1.807, 2.05) is 0 Å². The van der Waals surface area contributed by atoms with Crippen molar-refractivity contribution in [1.29, 1.82) is 0 Å². The van der Waals surface area contributed by atoms with Crippen LogP contribution in [0, 0.1) is 0 Å². The van der Waals surface area contributed by atoms with Crippen molar-refractivity contribution in [2.75, 3.05) is 13.7 Å². The van der Waals surface area contributed by atoms with Crippen LogP contribution in [-0.2, 0) is 16.6 Å². The summed E-state index contributed by atoms with van der Waals surface area (Å²) in [4.78, 5) is 37.4. The topological polar surface area (TPSA) is 68.6 Å². The zero-order chi connectivity index (χ0) is 15.4. The molecule has 1 atom stereocenters. The van der Waals surface area contributed by atoms with Crippen LogP contribution in [0.15, 0.2) is 23.1 Å². The van der Waals surface area contributed by atoms with E-state index in [4.69, 9.17) is 4.74 Å². The highest BCUT2D eigenvalue weighted by Crippen LogP contribution is 2.22. The summed E-state index contributed by atoms with van der Waals surface area (Å²) < 4.78 is 6.11. The number of pyridine rings is 1. The quantitative estimate of drug-likeness (QED) is 0.778. The minimum Gasteiger partial charge on any atom is -0.469 e. The molecule has 1 aliphatic heterocycles. The van der Waals surface area contributed by atoms with Crippen molar-refractivity contribution in [1.82, 2.24) is 9.47 Å². The van der Waals surface area contributed by atoms with Crippen molar-refractivity contribution in [2.24, 2.45) is 7.05 Å². The molecule has 114 valence electrons. The Morgan fingerprint density at radius 1 is 1.38 bits per heavy atom. The molecule has 0 saturated carbocycles. The number of nitrogens with zero attached hydrogens (tertiary/aromatic N) is 2. The van der Waals surface area contributed by atoms with Gasteiger partial charge in [0.2, 0.25) is 0 Å². The molecule has 1 fully saturated rings. The van der Waals surface area contributed by atoms with E-state index in [-0.39, 0.29) is 29.9 Å². The lowest BCUT2D eigenvalue weighted by atomic mass is 9.98. The SMILES string of the molecule is COC(=O)C[C@H]1CCCCN1C(=O)c1ccn(C)c(=O)c1. The van der Waals surface area contributed by atoms with Gasteiger partial charge in [-0.05, 0) is 25.3 Å². The van der Waals surface area contributed by atoms with E-state index in [9.17, 15) is 14.4 Å². The van der Waals surface area contributed by atoms with Gasteiger partial charge in [0.05, 0.1) is 13.5 Å². The van der Waals surface area contributed by atoms with Gasteiger partial charge in [0.15, 0.2) is 0 Å². The van der Waals surface area contributed by atoms with Crippen molar-refractivity contribution >= 4 is 11.9 Å². The van der Waals surface area contributed by atoms with Crippen molar-refractivity contribution in [3.63, 3.8) is 0 Å². The van der Waals surface area contributed by atoms with Crippen molar-refractivity contribution in [2.45, 2.75) is 31.7 Å². The summed E-state index contributed by atoms with van der Waals surface area (Å²) in [5, 5.41) is 0. The van der Waals surface area contributed by atoms with E-state index >= 15 is 0 Å². The summed E-state index contributed by atoms with van der Waals surface area (Å²) in [5.74, 6) is -0.509. The lowest BCUT2D eigenvalue weighted by Crippen LogP contribution is -2.45. The predicted molar refractivity (Wildman–Crippen MR) is 77.0 cm³/mol. The molecule has 1 aromatic rings. The second kappa shape index (κ2) is 6.56. The van der Waals surface area contributed by atoms with Gasteiger partial charge in [0.1, 0.15) is 0 Å². The summed E-state index contributed by atoms with van der Waals surface area (Å²) in [5.41, 5.74) is 0.150. The van der Waals surface area contributed by atoms with Crippen LogP contribution in [-0.4, -0.2) is 41.0 Å². The Bertz CT molecular complexity index is 594. The fourth-order valence-electron chi connectivity index (χ4n) is 2.60. The Labute approximate surface area is 123 Å². The number of aromatic nitrogens is 1. The molecule has 1 amide bonds. The zero-order valence-electron chi connectivity index (χ0n) is 12.4. The van der Waals surface area contributed by atoms with Crippen LogP contribution >= 0.6 is 0 Å². The number of rotatable bonds is 3. The number of likely N-dealkylation sites (tertiary alicyclic amines) is 1. The second-order valence-corrected chi connectivity index (χ2v) is 5.29.